The van der Waals surface area contributed by atoms with Gasteiger partial charge in [-0.15, -0.1) is 0 Å². The molecule has 3 rings (SSSR count). The SMILES string of the molecule is NCCC(C(=O)Nc1ccc(N)c(C(N)=NC(=O)c2cccc(F)c2)c1)c1ccc(Cl)c(Cl)c1. The van der Waals surface area contributed by atoms with E-state index in [1.54, 1.807) is 24.3 Å². The molecular weight excluding hydrogens is 480 g/mol. The standard InChI is InChI=1S/C24H22Cl2FN5O2/c25-19-6-4-13(11-20(19)26)17(8-9-28)24(34)31-16-5-7-21(29)18(12-16)22(30)32-23(33)14-2-1-3-15(27)10-14/h1-7,10-12,17H,8-9,28-29H2,(H,31,34)(H2,30,32,33). The molecule has 0 aliphatic rings. The predicted octanol–water partition coefficient (Wildman–Crippen LogP) is 4.33. The lowest BCUT2D eigenvalue weighted by Crippen LogP contribution is -2.24. The molecule has 3 aromatic rings. The molecular formula is C24H22Cl2FN5O2. The number of aliphatic imine (C=N–C) groups is 1. The highest BCUT2D eigenvalue weighted by molar-refractivity contribution is 6.42. The van der Waals surface area contributed by atoms with Gasteiger partial charge >= 0.3 is 0 Å². The summed E-state index contributed by atoms with van der Waals surface area (Å²) < 4.78 is 13.4. The minimum absolute atomic E-state index is 0.0391. The molecule has 0 saturated heterocycles. The monoisotopic (exact) mass is 501 g/mol. The molecule has 0 spiro atoms. The van der Waals surface area contributed by atoms with E-state index in [1.165, 1.54) is 30.3 Å². The van der Waals surface area contributed by atoms with Crippen molar-refractivity contribution in [1.29, 1.82) is 0 Å². The van der Waals surface area contributed by atoms with Gasteiger partial charge in [-0.2, -0.15) is 4.99 Å². The molecule has 2 amide bonds. The Kier molecular flexibility index (Phi) is 8.22. The van der Waals surface area contributed by atoms with Crippen molar-refractivity contribution in [2.24, 2.45) is 16.5 Å². The van der Waals surface area contributed by atoms with Crippen molar-refractivity contribution in [1.82, 2.24) is 0 Å². The first-order valence-corrected chi connectivity index (χ1v) is 10.9. The molecule has 7 N–H and O–H groups in total. The highest BCUT2D eigenvalue weighted by Gasteiger charge is 2.21. The number of anilines is 2. The van der Waals surface area contributed by atoms with E-state index >= 15 is 0 Å². The maximum absolute atomic E-state index is 13.4. The number of rotatable bonds is 7. The average Bonchev–Trinajstić information content (AvgIpc) is 2.80. The van der Waals surface area contributed by atoms with Crippen LogP contribution >= 0.6 is 23.2 Å². The summed E-state index contributed by atoms with van der Waals surface area (Å²) in [6.07, 6.45) is 0.372. The Balaban J connectivity index is 1.85. The number of carbonyl (C=O) groups excluding carboxylic acids is 2. The fourth-order valence-electron chi connectivity index (χ4n) is 3.29. The molecule has 0 bridgehead atoms. The van der Waals surface area contributed by atoms with Crippen molar-refractivity contribution in [3.05, 3.63) is 93.2 Å². The molecule has 1 atom stereocenters. The zero-order valence-corrected chi connectivity index (χ0v) is 19.4. The molecule has 0 heterocycles. The summed E-state index contributed by atoms with van der Waals surface area (Å²) in [6, 6.07) is 14.6. The summed E-state index contributed by atoms with van der Waals surface area (Å²) in [5.74, 6) is -2.38. The number of carbonyl (C=O) groups is 2. The number of halogens is 3. The Morgan fingerprint density at radius 2 is 1.79 bits per heavy atom. The Hall–Kier alpha value is -3.46. The second-order valence-electron chi connectivity index (χ2n) is 7.41. The van der Waals surface area contributed by atoms with Crippen LogP contribution in [0.1, 0.15) is 33.8 Å². The van der Waals surface area contributed by atoms with Gasteiger partial charge in [-0.3, -0.25) is 9.59 Å². The Bertz CT molecular complexity index is 1270. The van der Waals surface area contributed by atoms with Crippen LogP contribution in [0.4, 0.5) is 15.8 Å². The van der Waals surface area contributed by atoms with Gasteiger partial charge in [0.1, 0.15) is 11.7 Å². The molecule has 0 aliphatic heterocycles. The molecule has 3 aromatic carbocycles. The van der Waals surface area contributed by atoms with Gasteiger partial charge in [-0.25, -0.2) is 4.39 Å². The maximum atomic E-state index is 13.4. The molecule has 0 saturated carbocycles. The number of amides is 2. The van der Waals surface area contributed by atoms with Gasteiger partial charge in [-0.05, 0) is 67.1 Å². The number of benzene rings is 3. The van der Waals surface area contributed by atoms with Gasteiger partial charge in [0.15, 0.2) is 0 Å². The smallest absolute Gasteiger partial charge is 0.279 e. The molecule has 0 radical (unpaired) electrons. The van der Waals surface area contributed by atoms with Crippen LogP contribution in [-0.2, 0) is 4.79 Å². The molecule has 176 valence electrons. The van der Waals surface area contributed by atoms with E-state index < -0.39 is 17.6 Å². The van der Waals surface area contributed by atoms with Crippen molar-refractivity contribution < 1.29 is 14.0 Å². The number of nitrogens with zero attached hydrogens (tertiary/aromatic N) is 1. The van der Waals surface area contributed by atoms with E-state index in [9.17, 15) is 14.0 Å². The van der Waals surface area contributed by atoms with Gasteiger partial charge in [0.2, 0.25) is 5.91 Å². The Morgan fingerprint density at radius 1 is 1.03 bits per heavy atom. The van der Waals surface area contributed by atoms with Crippen LogP contribution in [0.25, 0.3) is 0 Å². The lowest BCUT2D eigenvalue weighted by molar-refractivity contribution is -0.117. The first kappa shape index (κ1) is 25.2. The van der Waals surface area contributed by atoms with E-state index in [1.807, 2.05) is 0 Å². The van der Waals surface area contributed by atoms with Crippen molar-refractivity contribution in [3.8, 4) is 0 Å². The van der Waals surface area contributed by atoms with E-state index in [0.717, 1.165) is 6.07 Å². The normalized spacial score (nSPS) is 12.3. The predicted molar refractivity (Wildman–Crippen MR) is 134 cm³/mol. The van der Waals surface area contributed by atoms with Gasteiger partial charge in [0.05, 0.1) is 16.0 Å². The molecule has 7 nitrogen and oxygen atoms in total. The largest absolute Gasteiger partial charge is 0.398 e. The fourth-order valence-corrected chi connectivity index (χ4v) is 3.59. The first-order valence-electron chi connectivity index (χ1n) is 10.2. The number of hydrogen-bond donors (Lipinski definition) is 4. The summed E-state index contributed by atoms with van der Waals surface area (Å²) in [6.45, 7) is 0.271. The van der Waals surface area contributed by atoms with Crippen molar-refractivity contribution in [3.63, 3.8) is 0 Å². The van der Waals surface area contributed by atoms with Gasteiger partial charge in [-0.1, -0.05) is 35.3 Å². The Labute approximate surface area is 205 Å². The van der Waals surface area contributed by atoms with Crippen LogP contribution in [0.5, 0.6) is 0 Å². The van der Waals surface area contributed by atoms with Crippen LogP contribution in [0.15, 0.2) is 65.7 Å². The van der Waals surface area contributed by atoms with E-state index in [2.05, 4.69) is 10.3 Å². The molecule has 0 aromatic heterocycles. The number of nitrogen functional groups attached to an aromatic ring is 1. The summed E-state index contributed by atoms with van der Waals surface area (Å²) in [7, 11) is 0. The molecule has 10 heteroatoms. The number of nitrogens with two attached hydrogens (primary N) is 3. The van der Waals surface area contributed by atoms with Gasteiger partial charge in [0.25, 0.3) is 5.91 Å². The number of amidine groups is 1. The van der Waals surface area contributed by atoms with Gasteiger partial charge < -0.3 is 22.5 Å². The lowest BCUT2D eigenvalue weighted by atomic mass is 9.94. The summed E-state index contributed by atoms with van der Waals surface area (Å²) >= 11 is 12.1. The quantitative estimate of drug-likeness (QED) is 0.217. The third-order valence-corrected chi connectivity index (χ3v) is 5.75. The lowest BCUT2D eigenvalue weighted by Gasteiger charge is -2.18. The van der Waals surface area contributed by atoms with E-state index in [4.69, 9.17) is 40.4 Å². The van der Waals surface area contributed by atoms with Crippen LogP contribution in [0.3, 0.4) is 0 Å². The average molecular weight is 502 g/mol. The molecule has 1 unspecified atom stereocenters. The zero-order chi connectivity index (χ0) is 24.8. The van der Waals surface area contributed by atoms with Crippen LogP contribution in [-0.4, -0.2) is 24.2 Å². The van der Waals surface area contributed by atoms with Gasteiger partial charge in [0, 0.05) is 22.5 Å². The molecule has 0 fully saturated rings. The van der Waals surface area contributed by atoms with Crippen molar-refractivity contribution in [2.75, 3.05) is 17.6 Å². The number of nitrogens with one attached hydrogen (secondary N) is 1. The Morgan fingerprint density at radius 3 is 2.47 bits per heavy atom. The van der Waals surface area contributed by atoms with Crippen LogP contribution in [0.2, 0.25) is 10.0 Å². The third kappa shape index (κ3) is 6.11. The maximum Gasteiger partial charge on any atom is 0.279 e. The third-order valence-electron chi connectivity index (χ3n) is 5.01. The molecule has 0 aliphatic carbocycles. The minimum atomic E-state index is -0.728. The fraction of sp³-hybridized carbons (Fsp3) is 0.125. The van der Waals surface area contributed by atoms with Crippen molar-refractivity contribution >= 4 is 52.2 Å². The van der Waals surface area contributed by atoms with Crippen molar-refractivity contribution in [2.45, 2.75) is 12.3 Å². The zero-order valence-electron chi connectivity index (χ0n) is 17.9. The first-order chi connectivity index (χ1) is 16.2. The number of hydrogen-bond acceptors (Lipinski definition) is 4. The van der Waals surface area contributed by atoms with E-state index in [-0.39, 0.29) is 35.1 Å². The summed E-state index contributed by atoms with van der Waals surface area (Å²) in [5, 5.41) is 3.51. The minimum Gasteiger partial charge on any atom is -0.398 e. The molecule has 34 heavy (non-hydrogen) atoms. The topological polar surface area (TPSA) is 137 Å². The summed E-state index contributed by atoms with van der Waals surface area (Å²) in [5.41, 5.74) is 19.3. The van der Waals surface area contributed by atoms with E-state index in [0.29, 0.717) is 27.7 Å². The van der Waals surface area contributed by atoms with Crippen LogP contribution < -0.4 is 22.5 Å². The van der Waals surface area contributed by atoms with Crippen LogP contribution in [0, 0.1) is 5.82 Å². The second-order valence-corrected chi connectivity index (χ2v) is 8.22. The summed E-state index contributed by atoms with van der Waals surface area (Å²) in [4.78, 5) is 29.2. The highest BCUT2D eigenvalue weighted by atomic mass is 35.5. The second kappa shape index (κ2) is 11.1. The highest BCUT2D eigenvalue weighted by Crippen LogP contribution is 2.29.